The van der Waals surface area contributed by atoms with Crippen LogP contribution in [0.4, 0.5) is 8.78 Å². The van der Waals surface area contributed by atoms with Crippen LogP contribution < -0.4 is 20.1 Å². The Morgan fingerprint density at radius 2 is 1.86 bits per heavy atom. The highest BCUT2D eigenvalue weighted by atomic mass is 32.2. The molecular weight excluding hydrogens is 576 g/mol. The fourth-order valence-corrected chi connectivity index (χ4v) is 7.58. The van der Waals surface area contributed by atoms with E-state index in [0.29, 0.717) is 47.3 Å². The van der Waals surface area contributed by atoms with Crippen molar-refractivity contribution in [1.29, 1.82) is 0 Å². The number of carbonyl (C=O) groups excluding carboxylic acids is 2. The second kappa shape index (κ2) is 11.5. The van der Waals surface area contributed by atoms with Crippen molar-refractivity contribution in [3.8, 4) is 16.9 Å². The van der Waals surface area contributed by atoms with Gasteiger partial charge >= 0.3 is 0 Å². The van der Waals surface area contributed by atoms with Gasteiger partial charge in [-0.15, -0.1) is 0 Å². The predicted octanol–water partition coefficient (Wildman–Crippen LogP) is 4.42. The van der Waals surface area contributed by atoms with E-state index >= 15 is 8.78 Å². The first kappa shape index (κ1) is 30.0. The molecule has 2 aromatic rings. The SMILES string of the molecule is CS(=O)(=O)NC(=O)Cc1ccc(O[C@@H]2CC[C@@H](NC(=O)[C@@]3(F)CNC4(CCC4)C3)C2)c(-c2cccc(F)c2C2CCC2)c1. The minimum atomic E-state index is -3.71. The number of halogens is 2. The zero-order chi connectivity index (χ0) is 30.4. The normalized spacial score (nSPS) is 26.5. The maximum Gasteiger partial charge on any atom is 0.259 e. The van der Waals surface area contributed by atoms with E-state index in [1.807, 2.05) is 10.8 Å². The predicted molar refractivity (Wildman–Crippen MR) is 158 cm³/mol. The molecule has 8 nitrogen and oxygen atoms in total. The molecule has 0 aromatic heterocycles. The molecule has 11 heteroatoms. The molecule has 1 saturated heterocycles. The van der Waals surface area contributed by atoms with Gasteiger partial charge in [0.15, 0.2) is 0 Å². The van der Waals surface area contributed by atoms with Crippen LogP contribution in [0.3, 0.4) is 0 Å². The van der Waals surface area contributed by atoms with Crippen LogP contribution in [0.1, 0.15) is 81.3 Å². The summed E-state index contributed by atoms with van der Waals surface area (Å²) in [5.41, 5.74) is 0.370. The van der Waals surface area contributed by atoms with E-state index in [4.69, 9.17) is 4.74 Å². The smallest absolute Gasteiger partial charge is 0.259 e. The number of carbonyl (C=O) groups is 2. The van der Waals surface area contributed by atoms with E-state index in [2.05, 4.69) is 10.6 Å². The fraction of sp³-hybridized carbons (Fsp3) is 0.562. The van der Waals surface area contributed by atoms with Crippen molar-refractivity contribution in [3.05, 3.63) is 53.3 Å². The Morgan fingerprint density at radius 3 is 2.51 bits per heavy atom. The summed E-state index contributed by atoms with van der Waals surface area (Å²) < 4.78 is 62.3. The summed E-state index contributed by atoms with van der Waals surface area (Å²) in [5, 5.41) is 6.17. The number of hydrogen-bond acceptors (Lipinski definition) is 6. The monoisotopic (exact) mass is 615 g/mol. The summed E-state index contributed by atoms with van der Waals surface area (Å²) in [7, 11) is -3.71. The molecule has 3 saturated carbocycles. The molecule has 0 radical (unpaired) electrons. The molecule has 4 fully saturated rings. The molecule has 232 valence electrons. The third kappa shape index (κ3) is 6.43. The lowest BCUT2D eigenvalue weighted by molar-refractivity contribution is -0.133. The number of hydrogen-bond donors (Lipinski definition) is 3. The highest BCUT2D eigenvalue weighted by molar-refractivity contribution is 7.89. The maximum atomic E-state index is 15.6. The minimum Gasteiger partial charge on any atom is -0.490 e. The van der Waals surface area contributed by atoms with Crippen LogP contribution in [0.2, 0.25) is 0 Å². The van der Waals surface area contributed by atoms with Crippen LogP contribution in [0.25, 0.3) is 11.1 Å². The van der Waals surface area contributed by atoms with Gasteiger partial charge < -0.3 is 15.4 Å². The van der Waals surface area contributed by atoms with Crippen LogP contribution in [-0.4, -0.2) is 56.4 Å². The first-order valence-corrected chi connectivity index (χ1v) is 17.2. The van der Waals surface area contributed by atoms with Crippen LogP contribution in [0.5, 0.6) is 5.75 Å². The van der Waals surface area contributed by atoms with Crippen molar-refractivity contribution in [3.63, 3.8) is 0 Å². The standard InChI is InChI=1S/C32H39F2N3O5S/c1-43(40,41)37-28(38)16-20-9-12-27(25(15-20)24-7-3-8-26(33)29(24)21-5-2-6-21)42-23-11-10-22(17-23)36-30(39)32(34)18-31(35-19-32)13-4-14-31/h3,7-9,12,15,21-23,35H,2,4-6,10-11,13-14,16-19H2,1H3,(H,36,39)(H,37,38)/t22-,23-,32+/m1/s1. The van der Waals surface area contributed by atoms with Gasteiger partial charge in [-0.25, -0.2) is 17.2 Å². The molecule has 2 amide bonds. The molecule has 2 aromatic carbocycles. The highest BCUT2D eigenvalue weighted by Crippen LogP contribution is 2.46. The third-order valence-electron chi connectivity index (χ3n) is 9.66. The fourth-order valence-electron chi connectivity index (χ4n) is 7.09. The van der Waals surface area contributed by atoms with Gasteiger partial charge in [0, 0.05) is 36.5 Å². The number of amides is 2. The minimum absolute atomic E-state index is 0.0420. The van der Waals surface area contributed by atoms with Crippen molar-refractivity contribution >= 4 is 21.8 Å². The summed E-state index contributed by atoms with van der Waals surface area (Å²) in [5.74, 6) is -0.908. The summed E-state index contributed by atoms with van der Waals surface area (Å²) >= 11 is 0. The molecule has 4 aliphatic rings. The Labute approximate surface area is 251 Å². The van der Waals surface area contributed by atoms with Gasteiger partial charge in [0.2, 0.25) is 21.6 Å². The van der Waals surface area contributed by atoms with Gasteiger partial charge in [0.1, 0.15) is 17.7 Å². The van der Waals surface area contributed by atoms with Crippen LogP contribution >= 0.6 is 0 Å². The summed E-state index contributed by atoms with van der Waals surface area (Å²) in [6, 6.07) is 9.94. The van der Waals surface area contributed by atoms with E-state index in [1.54, 1.807) is 24.3 Å². The number of alkyl halides is 1. The average molecular weight is 616 g/mol. The van der Waals surface area contributed by atoms with Crippen molar-refractivity contribution in [2.75, 3.05) is 12.8 Å². The molecule has 1 spiro atoms. The quantitative estimate of drug-likeness (QED) is 0.385. The highest BCUT2D eigenvalue weighted by Gasteiger charge is 2.55. The van der Waals surface area contributed by atoms with E-state index in [-0.39, 0.29) is 48.8 Å². The summed E-state index contributed by atoms with van der Waals surface area (Å²) in [6.07, 6.45) is 8.20. The van der Waals surface area contributed by atoms with E-state index in [9.17, 15) is 18.0 Å². The Morgan fingerprint density at radius 1 is 1.07 bits per heavy atom. The van der Waals surface area contributed by atoms with Crippen molar-refractivity contribution < 1.29 is 31.5 Å². The number of rotatable bonds is 9. The first-order valence-electron chi connectivity index (χ1n) is 15.3. The molecule has 43 heavy (non-hydrogen) atoms. The van der Waals surface area contributed by atoms with Gasteiger partial charge in [0.05, 0.1) is 12.7 Å². The number of ether oxygens (including phenoxy) is 1. The van der Waals surface area contributed by atoms with Crippen LogP contribution in [0.15, 0.2) is 36.4 Å². The van der Waals surface area contributed by atoms with E-state index < -0.39 is 27.5 Å². The molecule has 1 heterocycles. The van der Waals surface area contributed by atoms with Crippen molar-refractivity contribution in [1.82, 2.24) is 15.4 Å². The third-order valence-corrected chi connectivity index (χ3v) is 10.3. The average Bonchev–Trinajstić information content (AvgIpc) is 3.49. The molecular formula is C32H39F2N3O5S. The lowest BCUT2D eigenvalue weighted by Crippen LogP contribution is -2.49. The van der Waals surface area contributed by atoms with E-state index in [0.717, 1.165) is 44.8 Å². The van der Waals surface area contributed by atoms with Crippen LogP contribution in [0, 0.1) is 5.82 Å². The zero-order valence-electron chi connectivity index (χ0n) is 24.4. The lowest BCUT2D eigenvalue weighted by Gasteiger charge is -2.38. The molecule has 3 N–H and O–H groups in total. The molecule has 0 bridgehead atoms. The first-order chi connectivity index (χ1) is 20.4. The van der Waals surface area contributed by atoms with Gasteiger partial charge in [-0.3, -0.25) is 14.3 Å². The van der Waals surface area contributed by atoms with Crippen molar-refractivity contribution in [2.45, 2.75) is 99.9 Å². The van der Waals surface area contributed by atoms with Crippen molar-refractivity contribution in [2.24, 2.45) is 0 Å². The Balaban J connectivity index is 1.20. The molecule has 3 atom stereocenters. The lowest BCUT2D eigenvalue weighted by atomic mass is 9.74. The maximum absolute atomic E-state index is 15.6. The Hall–Kier alpha value is -3.05. The molecule has 6 rings (SSSR count). The number of nitrogens with one attached hydrogen (secondary N) is 3. The number of sulfonamides is 1. The van der Waals surface area contributed by atoms with E-state index in [1.165, 1.54) is 6.07 Å². The molecule has 1 aliphatic heterocycles. The summed E-state index contributed by atoms with van der Waals surface area (Å²) in [6.45, 7) is 0.0420. The van der Waals surface area contributed by atoms with Gasteiger partial charge in [0.25, 0.3) is 5.91 Å². The topological polar surface area (TPSA) is 114 Å². The Kier molecular flexibility index (Phi) is 8.00. The molecule has 3 aliphatic carbocycles. The second-order valence-electron chi connectivity index (χ2n) is 13.0. The number of benzene rings is 2. The second-order valence-corrected chi connectivity index (χ2v) is 14.7. The molecule has 0 unspecified atom stereocenters. The zero-order valence-corrected chi connectivity index (χ0v) is 25.2. The summed E-state index contributed by atoms with van der Waals surface area (Å²) in [4.78, 5) is 25.3. The van der Waals surface area contributed by atoms with Gasteiger partial charge in [-0.1, -0.05) is 24.6 Å². The van der Waals surface area contributed by atoms with Crippen LogP contribution in [-0.2, 0) is 26.0 Å². The Bertz CT molecular complexity index is 1520. The largest absolute Gasteiger partial charge is 0.490 e. The van der Waals surface area contributed by atoms with Gasteiger partial charge in [-0.2, -0.15) is 0 Å². The van der Waals surface area contributed by atoms with Gasteiger partial charge in [-0.05, 0) is 85.8 Å².